The van der Waals surface area contributed by atoms with Gasteiger partial charge in [-0.15, -0.1) is 0 Å². The quantitative estimate of drug-likeness (QED) is 0.747. The van der Waals surface area contributed by atoms with E-state index >= 15 is 0 Å². The maximum Gasteiger partial charge on any atom is 0.0300 e. The second-order valence-corrected chi connectivity index (χ2v) is 5.10. The van der Waals surface area contributed by atoms with E-state index in [9.17, 15) is 0 Å². The fourth-order valence-electron chi connectivity index (χ4n) is 2.13. The average Bonchev–Trinajstić information content (AvgIpc) is 2.21. The second-order valence-electron chi connectivity index (χ2n) is 5.10. The Kier molecular flexibility index (Phi) is 3.96. The molecule has 0 aliphatic carbocycles. The molecule has 14 heavy (non-hydrogen) atoms. The van der Waals surface area contributed by atoms with Crippen molar-refractivity contribution in [3.05, 3.63) is 0 Å². The van der Waals surface area contributed by atoms with Gasteiger partial charge in [-0.25, -0.2) is 0 Å². The fraction of sp³-hybridized carbons (Fsp3) is 1.00. The Bertz CT molecular complexity index is 181. The highest BCUT2D eigenvalue weighted by atomic mass is 15.2. The summed E-state index contributed by atoms with van der Waals surface area (Å²) in [5.74, 6) is 0.791. The second kappa shape index (κ2) is 4.63. The molecule has 0 saturated carbocycles. The smallest absolute Gasteiger partial charge is 0.0300 e. The van der Waals surface area contributed by atoms with Crippen LogP contribution in [0.4, 0.5) is 0 Å². The molecule has 0 radical (unpaired) electrons. The first-order valence-corrected chi connectivity index (χ1v) is 5.98. The van der Waals surface area contributed by atoms with Crippen LogP contribution in [0.25, 0.3) is 0 Å². The Morgan fingerprint density at radius 3 is 2.57 bits per heavy atom. The number of likely N-dealkylation sites (N-methyl/N-ethyl adjacent to an activating group) is 1. The molecular weight excluding hydrogens is 172 g/mol. The molecule has 1 fully saturated rings. The molecular formula is C12H26N2. The van der Waals surface area contributed by atoms with E-state index in [4.69, 9.17) is 0 Å². The van der Waals surface area contributed by atoms with Crippen LogP contribution < -0.4 is 5.32 Å². The first-order chi connectivity index (χ1) is 6.53. The maximum atomic E-state index is 3.70. The lowest BCUT2D eigenvalue weighted by molar-refractivity contribution is 0.0607. The summed E-state index contributed by atoms with van der Waals surface area (Å²) in [6.07, 6.45) is 2.50. The van der Waals surface area contributed by atoms with Crippen molar-refractivity contribution in [1.82, 2.24) is 10.2 Å². The van der Waals surface area contributed by atoms with Gasteiger partial charge in [0.15, 0.2) is 0 Å². The molecule has 1 aliphatic heterocycles. The first-order valence-electron chi connectivity index (χ1n) is 5.98. The molecule has 0 spiro atoms. The predicted octanol–water partition coefficient (Wildman–Crippen LogP) is 2.10. The Hall–Kier alpha value is -0.0800. The Morgan fingerprint density at radius 1 is 1.50 bits per heavy atom. The summed E-state index contributed by atoms with van der Waals surface area (Å²) in [6, 6.07) is 0.685. The van der Waals surface area contributed by atoms with Gasteiger partial charge in [-0.3, -0.25) is 4.90 Å². The van der Waals surface area contributed by atoms with Crippen molar-refractivity contribution in [3.8, 4) is 0 Å². The molecule has 2 nitrogen and oxygen atoms in total. The monoisotopic (exact) mass is 198 g/mol. The standard InChI is InChI=1S/C12H26N2/c1-6-10(3)11-8-14(5)12(4,7-2)9-13-11/h10-11,13H,6-9H2,1-5H3. The van der Waals surface area contributed by atoms with Gasteiger partial charge in [0.1, 0.15) is 0 Å². The lowest BCUT2D eigenvalue weighted by atomic mass is 9.88. The average molecular weight is 198 g/mol. The maximum absolute atomic E-state index is 3.70. The Labute approximate surface area is 89.1 Å². The summed E-state index contributed by atoms with van der Waals surface area (Å²) in [7, 11) is 2.26. The van der Waals surface area contributed by atoms with Gasteiger partial charge in [0, 0.05) is 24.7 Å². The first kappa shape index (κ1) is 12.0. The molecule has 0 bridgehead atoms. The topological polar surface area (TPSA) is 15.3 Å². The SMILES string of the molecule is CCC(C)C1CN(C)C(C)(CC)CN1. The van der Waals surface area contributed by atoms with Gasteiger partial charge < -0.3 is 5.32 Å². The van der Waals surface area contributed by atoms with Crippen LogP contribution in [0, 0.1) is 5.92 Å². The van der Waals surface area contributed by atoms with Gasteiger partial charge in [0.05, 0.1) is 0 Å². The molecule has 3 unspecified atom stereocenters. The van der Waals surface area contributed by atoms with E-state index in [1.54, 1.807) is 0 Å². The lowest BCUT2D eigenvalue weighted by Crippen LogP contribution is -2.62. The molecule has 0 aromatic rings. The summed E-state index contributed by atoms with van der Waals surface area (Å²) < 4.78 is 0. The van der Waals surface area contributed by atoms with E-state index < -0.39 is 0 Å². The summed E-state index contributed by atoms with van der Waals surface area (Å²) in [6.45, 7) is 11.6. The molecule has 2 heteroatoms. The number of rotatable bonds is 3. The van der Waals surface area contributed by atoms with Gasteiger partial charge in [-0.2, -0.15) is 0 Å². The molecule has 0 amide bonds. The van der Waals surface area contributed by atoms with Crippen molar-refractivity contribution >= 4 is 0 Å². The highest BCUT2D eigenvalue weighted by Gasteiger charge is 2.34. The van der Waals surface area contributed by atoms with Gasteiger partial charge in [0.2, 0.25) is 0 Å². The van der Waals surface area contributed by atoms with E-state index in [0.717, 1.165) is 12.5 Å². The van der Waals surface area contributed by atoms with Gasteiger partial charge in [0.25, 0.3) is 0 Å². The number of nitrogens with one attached hydrogen (secondary N) is 1. The number of hydrogen-bond donors (Lipinski definition) is 1. The van der Waals surface area contributed by atoms with Crippen LogP contribution in [0.3, 0.4) is 0 Å². The molecule has 1 saturated heterocycles. The fourth-order valence-corrected chi connectivity index (χ4v) is 2.13. The summed E-state index contributed by atoms with van der Waals surface area (Å²) in [4.78, 5) is 2.53. The van der Waals surface area contributed by atoms with Crippen molar-refractivity contribution in [3.63, 3.8) is 0 Å². The summed E-state index contributed by atoms with van der Waals surface area (Å²) >= 11 is 0. The highest BCUT2D eigenvalue weighted by Crippen LogP contribution is 2.23. The minimum atomic E-state index is 0.365. The largest absolute Gasteiger partial charge is 0.311 e. The normalized spacial score (nSPS) is 37.1. The van der Waals surface area contributed by atoms with Crippen molar-refractivity contribution in [2.45, 2.75) is 52.1 Å². The third-order valence-corrected chi connectivity index (χ3v) is 4.23. The van der Waals surface area contributed by atoms with Crippen LogP contribution in [0.5, 0.6) is 0 Å². The van der Waals surface area contributed by atoms with Crippen LogP contribution in [0.2, 0.25) is 0 Å². The molecule has 1 heterocycles. The Balaban J connectivity index is 2.55. The van der Waals surface area contributed by atoms with Gasteiger partial charge in [-0.05, 0) is 26.3 Å². The minimum Gasteiger partial charge on any atom is -0.311 e. The van der Waals surface area contributed by atoms with Gasteiger partial charge >= 0.3 is 0 Å². The summed E-state index contributed by atoms with van der Waals surface area (Å²) in [5.41, 5.74) is 0.365. The zero-order valence-electron chi connectivity index (χ0n) is 10.4. The molecule has 84 valence electrons. The zero-order valence-corrected chi connectivity index (χ0v) is 10.4. The predicted molar refractivity (Wildman–Crippen MR) is 62.6 cm³/mol. The third kappa shape index (κ3) is 2.29. The molecule has 1 rings (SSSR count). The van der Waals surface area contributed by atoms with Crippen LogP contribution in [0.1, 0.15) is 40.5 Å². The third-order valence-electron chi connectivity index (χ3n) is 4.23. The van der Waals surface area contributed by atoms with Gasteiger partial charge in [-0.1, -0.05) is 27.2 Å². The molecule has 3 atom stereocenters. The Morgan fingerprint density at radius 2 is 2.14 bits per heavy atom. The van der Waals surface area contributed by atoms with Crippen molar-refractivity contribution in [1.29, 1.82) is 0 Å². The number of hydrogen-bond acceptors (Lipinski definition) is 2. The molecule has 0 aromatic heterocycles. The van der Waals surface area contributed by atoms with Crippen molar-refractivity contribution in [2.24, 2.45) is 5.92 Å². The van der Waals surface area contributed by atoms with E-state index in [-0.39, 0.29) is 0 Å². The van der Waals surface area contributed by atoms with E-state index in [1.807, 2.05) is 0 Å². The molecule has 0 aromatic carbocycles. The van der Waals surface area contributed by atoms with Crippen LogP contribution in [-0.2, 0) is 0 Å². The number of nitrogens with zero attached hydrogens (tertiary/aromatic N) is 1. The highest BCUT2D eigenvalue weighted by molar-refractivity contribution is 4.94. The van der Waals surface area contributed by atoms with Crippen LogP contribution in [-0.4, -0.2) is 36.6 Å². The molecule has 1 N–H and O–H groups in total. The molecule has 1 aliphatic rings. The number of piperazine rings is 1. The van der Waals surface area contributed by atoms with E-state index in [2.05, 4.69) is 45.0 Å². The van der Waals surface area contributed by atoms with Crippen molar-refractivity contribution < 1.29 is 0 Å². The van der Waals surface area contributed by atoms with E-state index in [0.29, 0.717) is 11.6 Å². The van der Waals surface area contributed by atoms with Crippen molar-refractivity contribution in [2.75, 3.05) is 20.1 Å². The minimum absolute atomic E-state index is 0.365. The van der Waals surface area contributed by atoms with E-state index in [1.165, 1.54) is 19.4 Å². The lowest BCUT2D eigenvalue weighted by Gasteiger charge is -2.47. The van der Waals surface area contributed by atoms with Crippen LogP contribution >= 0.6 is 0 Å². The summed E-state index contributed by atoms with van der Waals surface area (Å²) in [5, 5.41) is 3.70. The zero-order chi connectivity index (χ0) is 10.8. The van der Waals surface area contributed by atoms with Crippen LogP contribution in [0.15, 0.2) is 0 Å².